The molecule has 1 saturated carbocycles. The zero-order valence-corrected chi connectivity index (χ0v) is 9.76. The van der Waals surface area contributed by atoms with Crippen LogP contribution in [-0.2, 0) is 4.79 Å². The fourth-order valence-electron chi connectivity index (χ4n) is 1.65. The summed E-state index contributed by atoms with van der Waals surface area (Å²) in [6.07, 6.45) is 2.90. The van der Waals surface area contributed by atoms with E-state index in [1.54, 1.807) is 0 Å². The number of nitrogens with two attached hydrogens (primary N) is 1. The van der Waals surface area contributed by atoms with Crippen LogP contribution in [0.15, 0.2) is 30.3 Å². The number of hydrogen-bond acceptors (Lipinski definition) is 3. The summed E-state index contributed by atoms with van der Waals surface area (Å²) >= 11 is 0. The Morgan fingerprint density at radius 2 is 2.12 bits per heavy atom. The molecule has 1 atom stereocenters. The molecular weight excluding hydrogens is 216 g/mol. The van der Waals surface area contributed by atoms with Crippen molar-refractivity contribution in [2.75, 3.05) is 6.61 Å². The Morgan fingerprint density at radius 1 is 1.41 bits per heavy atom. The van der Waals surface area contributed by atoms with Crippen LogP contribution < -0.4 is 15.8 Å². The maximum Gasteiger partial charge on any atom is 0.234 e. The maximum atomic E-state index is 11.2. The largest absolute Gasteiger partial charge is 0.494 e. The zero-order chi connectivity index (χ0) is 12.1. The summed E-state index contributed by atoms with van der Waals surface area (Å²) in [5.41, 5.74) is 5.34. The highest BCUT2D eigenvalue weighted by Gasteiger charge is 2.26. The summed E-state index contributed by atoms with van der Waals surface area (Å²) < 4.78 is 5.54. The molecular formula is C13H18N2O2. The lowest BCUT2D eigenvalue weighted by molar-refractivity contribution is -0.120. The molecule has 1 amide bonds. The van der Waals surface area contributed by atoms with Crippen molar-refractivity contribution in [3.63, 3.8) is 0 Å². The summed E-state index contributed by atoms with van der Waals surface area (Å²) in [4.78, 5) is 11.2. The number of carbonyl (C=O) groups is 1. The van der Waals surface area contributed by atoms with Crippen molar-refractivity contribution in [3.8, 4) is 5.75 Å². The first-order valence-electron chi connectivity index (χ1n) is 5.99. The van der Waals surface area contributed by atoms with Crippen LogP contribution >= 0.6 is 0 Å². The summed E-state index contributed by atoms with van der Waals surface area (Å²) in [6, 6.07) is 9.78. The molecule has 0 saturated heterocycles. The van der Waals surface area contributed by atoms with E-state index in [0.717, 1.165) is 18.6 Å². The van der Waals surface area contributed by atoms with Crippen LogP contribution in [0.2, 0.25) is 0 Å². The molecule has 0 heterocycles. The molecule has 0 aliphatic heterocycles. The Balaban J connectivity index is 1.73. The van der Waals surface area contributed by atoms with E-state index in [-0.39, 0.29) is 11.9 Å². The molecule has 1 aromatic rings. The van der Waals surface area contributed by atoms with Gasteiger partial charge in [0, 0.05) is 12.5 Å². The fourth-order valence-corrected chi connectivity index (χ4v) is 1.65. The van der Waals surface area contributed by atoms with E-state index in [4.69, 9.17) is 10.5 Å². The highest BCUT2D eigenvalue weighted by atomic mass is 16.5. The third-order valence-electron chi connectivity index (χ3n) is 2.78. The van der Waals surface area contributed by atoms with Gasteiger partial charge in [-0.1, -0.05) is 18.2 Å². The van der Waals surface area contributed by atoms with Crippen molar-refractivity contribution in [3.05, 3.63) is 30.3 Å². The van der Waals surface area contributed by atoms with Gasteiger partial charge >= 0.3 is 0 Å². The average molecular weight is 234 g/mol. The van der Waals surface area contributed by atoms with Gasteiger partial charge in [-0.15, -0.1) is 0 Å². The predicted octanol–water partition coefficient (Wildman–Crippen LogP) is 1.06. The van der Waals surface area contributed by atoms with Crippen molar-refractivity contribution >= 4 is 5.91 Å². The van der Waals surface area contributed by atoms with E-state index in [1.165, 1.54) is 0 Å². The van der Waals surface area contributed by atoms with E-state index in [1.807, 2.05) is 30.3 Å². The molecule has 1 aromatic carbocycles. The third kappa shape index (κ3) is 4.07. The first kappa shape index (κ1) is 11.9. The lowest BCUT2D eigenvalue weighted by atomic mass is 10.2. The number of hydrogen-bond donors (Lipinski definition) is 2. The van der Waals surface area contributed by atoms with Crippen LogP contribution in [0, 0.1) is 0 Å². The van der Waals surface area contributed by atoms with Gasteiger partial charge in [0.05, 0.1) is 12.6 Å². The second-order valence-corrected chi connectivity index (χ2v) is 4.35. The standard InChI is InChI=1S/C13H18N2O2/c14-13(16)12(15-10-6-7-10)8-9-17-11-4-2-1-3-5-11/h1-5,10,12,15H,6-9H2,(H2,14,16). The monoisotopic (exact) mass is 234 g/mol. The van der Waals surface area contributed by atoms with Crippen molar-refractivity contribution < 1.29 is 9.53 Å². The maximum absolute atomic E-state index is 11.2. The Morgan fingerprint density at radius 3 is 2.71 bits per heavy atom. The summed E-state index contributed by atoms with van der Waals surface area (Å²) in [5.74, 6) is 0.524. The molecule has 0 radical (unpaired) electrons. The Kier molecular flexibility index (Phi) is 3.98. The zero-order valence-electron chi connectivity index (χ0n) is 9.76. The van der Waals surface area contributed by atoms with Crippen LogP contribution in [0.25, 0.3) is 0 Å². The molecule has 1 fully saturated rings. The van der Waals surface area contributed by atoms with Gasteiger partial charge in [0.2, 0.25) is 5.91 Å². The second kappa shape index (κ2) is 5.68. The Hall–Kier alpha value is -1.55. The fraction of sp³-hybridized carbons (Fsp3) is 0.462. The van der Waals surface area contributed by atoms with E-state index >= 15 is 0 Å². The second-order valence-electron chi connectivity index (χ2n) is 4.35. The number of benzene rings is 1. The molecule has 0 spiro atoms. The van der Waals surface area contributed by atoms with Gasteiger partial charge in [0.25, 0.3) is 0 Å². The lowest BCUT2D eigenvalue weighted by Gasteiger charge is -2.15. The molecule has 2 rings (SSSR count). The Bertz CT molecular complexity index is 363. The van der Waals surface area contributed by atoms with Crippen molar-refractivity contribution in [1.29, 1.82) is 0 Å². The number of nitrogens with one attached hydrogen (secondary N) is 1. The molecule has 1 aliphatic carbocycles. The van der Waals surface area contributed by atoms with Crippen LogP contribution in [0.3, 0.4) is 0 Å². The number of rotatable bonds is 7. The quantitative estimate of drug-likeness (QED) is 0.741. The predicted molar refractivity (Wildman–Crippen MR) is 65.7 cm³/mol. The highest BCUT2D eigenvalue weighted by Crippen LogP contribution is 2.20. The SMILES string of the molecule is NC(=O)C(CCOc1ccccc1)NC1CC1. The molecule has 0 bridgehead atoms. The molecule has 1 unspecified atom stereocenters. The lowest BCUT2D eigenvalue weighted by Crippen LogP contribution is -2.43. The minimum atomic E-state index is -0.298. The van der Waals surface area contributed by atoms with E-state index < -0.39 is 0 Å². The molecule has 1 aliphatic rings. The van der Waals surface area contributed by atoms with E-state index in [2.05, 4.69) is 5.32 Å². The van der Waals surface area contributed by atoms with Gasteiger partial charge in [0.15, 0.2) is 0 Å². The van der Waals surface area contributed by atoms with Gasteiger partial charge in [-0.2, -0.15) is 0 Å². The molecule has 17 heavy (non-hydrogen) atoms. The molecule has 3 N–H and O–H groups in total. The van der Waals surface area contributed by atoms with E-state index in [9.17, 15) is 4.79 Å². The molecule has 4 nitrogen and oxygen atoms in total. The third-order valence-corrected chi connectivity index (χ3v) is 2.78. The molecule has 4 heteroatoms. The molecule has 92 valence electrons. The Labute approximate surface area is 101 Å². The van der Waals surface area contributed by atoms with Gasteiger partial charge in [-0.25, -0.2) is 0 Å². The summed E-state index contributed by atoms with van der Waals surface area (Å²) in [5, 5.41) is 3.22. The van der Waals surface area contributed by atoms with Crippen LogP contribution in [-0.4, -0.2) is 24.6 Å². The number of carbonyl (C=O) groups excluding carboxylic acids is 1. The van der Waals surface area contributed by atoms with Gasteiger partial charge in [0.1, 0.15) is 5.75 Å². The van der Waals surface area contributed by atoms with E-state index in [0.29, 0.717) is 19.1 Å². The number of para-hydroxylation sites is 1. The summed E-state index contributed by atoms with van der Waals surface area (Å²) in [7, 11) is 0. The van der Waals surface area contributed by atoms with Crippen LogP contribution in [0.5, 0.6) is 5.75 Å². The number of primary amides is 1. The minimum Gasteiger partial charge on any atom is -0.494 e. The first-order chi connectivity index (χ1) is 8.25. The molecule has 0 aromatic heterocycles. The van der Waals surface area contributed by atoms with Crippen molar-refractivity contribution in [1.82, 2.24) is 5.32 Å². The summed E-state index contributed by atoms with van der Waals surface area (Å²) in [6.45, 7) is 0.497. The average Bonchev–Trinajstić information content (AvgIpc) is 3.13. The minimum absolute atomic E-state index is 0.272. The topological polar surface area (TPSA) is 64.4 Å². The van der Waals surface area contributed by atoms with Crippen LogP contribution in [0.1, 0.15) is 19.3 Å². The van der Waals surface area contributed by atoms with Gasteiger partial charge in [-0.05, 0) is 25.0 Å². The number of amides is 1. The van der Waals surface area contributed by atoms with Crippen LogP contribution in [0.4, 0.5) is 0 Å². The van der Waals surface area contributed by atoms with Gasteiger partial charge < -0.3 is 15.8 Å². The normalized spacial score (nSPS) is 16.5. The van der Waals surface area contributed by atoms with Crippen molar-refractivity contribution in [2.24, 2.45) is 5.73 Å². The number of ether oxygens (including phenoxy) is 1. The van der Waals surface area contributed by atoms with Crippen molar-refractivity contribution in [2.45, 2.75) is 31.3 Å². The van der Waals surface area contributed by atoms with Gasteiger partial charge in [-0.3, -0.25) is 4.79 Å². The highest BCUT2D eigenvalue weighted by molar-refractivity contribution is 5.79. The smallest absolute Gasteiger partial charge is 0.234 e. The first-order valence-corrected chi connectivity index (χ1v) is 5.99.